The van der Waals surface area contributed by atoms with Crippen LogP contribution in [0.4, 0.5) is 0 Å². The normalized spacial score (nSPS) is 15.5. The van der Waals surface area contributed by atoms with Crippen LogP contribution in [-0.4, -0.2) is 27.9 Å². The van der Waals surface area contributed by atoms with Gasteiger partial charge in [-0.25, -0.2) is 4.98 Å². The Morgan fingerprint density at radius 3 is 2.75 bits per heavy atom. The molecule has 0 bridgehead atoms. The Morgan fingerprint density at radius 1 is 1.62 bits per heavy atom. The van der Waals surface area contributed by atoms with Gasteiger partial charge >= 0.3 is 0 Å². The molecule has 1 fully saturated rings. The van der Waals surface area contributed by atoms with E-state index in [0.717, 1.165) is 10.7 Å². The fraction of sp³-hybridized carbons (Fsp3) is 0.667. The summed E-state index contributed by atoms with van der Waals surface area (Å²) in [4.78, 5) is 18.5. The third-order valence-corrected chi connectivity index (χ3v) is 3.61. The van der Waals surface area contributed by atoms with Crippen LogP contribution in [0.3, 0.4) is 0 Å². The van der Waals surface area contributed by atoms with E-state index in [2.05, 4.69) is 18.8 Å². The zero-order valence-corrected chi connectivity index (χ0v) is 10.9. The monoisotopic (exact) mass is 238 g/mol. The van der Waals surface area contributed by atoms with Crippen LogP contribution >= 0.6 is 11.3 Å². The summed E-state index contributed by atoms with van der Waals surface area (Å²) in [6, 6.07) is 0.798. The molecule has 0 atom stereocenters. The van der Waals surface area contributed by atoms with E-state index in [1.54, 1.807) is 11.3 Å². The van der Waals surface area contributed by atoms with Crippen molar-refractivity contribution in [3.8, 4) is 0 Å². The molecule has 1 aliphatic rings. The van der Waals surface area contributed by atoms with E-state index in [4.69, 9.17) is 0 Å². The van der Waals surface area contributed by atoms with Gasteiger partial charge in [-0.1, -0.05) is 0 Å². The van der Waals surface area contributed by atoms with Crippen LogP contribution < -0.4 is 0 Å². The quantitative estimate of drug-likeness (QED) is 0.807. The molecule has 0 unspecified atom stereocenters. The van der Waals surface area contributed by atoms with Gasteiger partial charge in [0.2, 0.25) is 5.91 Å². The molecule has 1 aliphatic carbocycles. The highest BCUT2D eigenvalue weighted by Crippen LogP contribution is 2.29. The van der Waals surface area contributed by atoms with Gasteiger partial charge in [-0.05, 0) is 33.6 Å². The summed E-state index contributed by atoms with van der Waals surface area (Å²) in [5.41, 5.74) is 0.916. The minimum atomic E-state index is 0.225. The molecule has 4 heteroatoms. The van der Waals surface area contributed by atoms with E-state index < -0.39 is 0 Å². The molecule has 1 aromatic rings. The predicted octanol–water partition coefficient (Wildman–Crippen LogP) is 2.39. The molecule has 1 heterocycles. The van der Waals surface area contributed by atoms with Crippen molar-refractivity contribution in [2.75, 3.05) is 0 Å². The van der Waals surface area contributed by atoms with E-state index in [1.165, 1.54) is 12.8 Å². The largest absolute Gasteiger partial charge is 0.337 e. The molecule has 0 radical (unpaired) electrons. The number of thiazole rings is 1. The Kier molecular flexibility index (Phi) is 3.28. The van der Waals surface area contributed by atoms with Crippen LogP contribution in [0.5, 0.6) is 0 Å². The highest BCUT2D eigenvalue weighted by molar-refractivity contribution is 7.09. The second-order valence-corrected chi connectivity index (χ2v) is 5.72. The smallest absolute Gasteiger partial charge is 0.229 e. The molecule has 1 amide bonds. The lowest BCUT2D eigenvalue weighted by molar-refractivity contribution is -0.132. The van der Waals surface area contributed by atoms with Gasteiger partial charge < -0.3 is 4.90 Å². The van der Waals surface area contributed by atoms with Gasteiger partial charge in [-0.2, -0.15) is 0 Å². The molecule has 16 heavy (non-hydrogen) atoms. The predicted molar refractivity (Wildman–Crippen MR) is 65.6 cm³/mol. The summed E-state index contributed by atoms with van der Waals surface area (Å²) < 4.78 is 0. The molecule has 1 aromatic heterocycles. The summed E-state index contributed by atoms with van der Waals surface area (Å²) in [5, 5.41) is 3.02. The van der Waals surface area contributed by atoms with Crippen molar-refractivity contribution < 1.29 is 4.79 Å². The van der Waals surface area contributed by atoms with E-state index >= 15 is 0 Å². The van der Waals surface area contributed by atoms with E-state index in [0.29, 0.717) is 18.5 Å². The number of nitrogens with zero attached hydrogens (tertiary/aromatic N) is 2. The number of amides is 1. The molecule has 0 saturated heterocycles. The van der Waals surface area contributed by atoms with Crippen molar-refractivity contribution in [2.45, 2.75) is 52.1 Å². The van der Waals surface area contributed by atoms with E-state index in [1.807, 2.05) is 17.2 Å². The minimum Gasteiger partial charge on any atom is -0.337 e. The Balaban J connectivity index is 2.00. The van der Waals surface area contributed by atoms with E-state index in [9.17, 15) is 4.79 Å². The maximum Gasteiger partial charge on any atom is 0.229 e. The van der Waals surface area contributed by atoms with Gasteiger partial charge in [0.05, 0.1) is 17.1 Å². The number of carbonyl (C=O) groups excluding carboxylic acids is 1. The molecule has 1 saturated carbocycles. The molecule has 0 aliphatic heterocycles. The summed E-state index contributed by atoms with van der Waals surface area (Å²) in [6.45, 7) is 6.14. The fourth-order valence-corrected chi connectivity index (χ4v) is 2.61. The highest BCUT2D eigenvalue weighted by atomic mass is 32.1. The molecular formula is C12H18N2OS. The first-order valence-electron chi connectivity index (χ1n) is 5.80. The zero-order valence-electron chi connectivity index (χ0n) is 10.1. The van der Waals surface area contributed by atoms with Gasteiger partial charge in [0.15, 0.2) is 0 Å². The Morgan fingerprint density at radius 2 is 2.31 bits per heavy atom. The number of hydrogen-bond acceptors (Lipinski definition) is 3. The standard InChI is InChI=1S/C12H18N2OS/c1-8(2)14(11-4-5-11)12(15)6-10-7-16-9(3)13-10/h7-8,11H,4-6H2,1-3H3. The third-order valence-electron chi connectivity index (χ3n) is 2.78. The van der Waals surface area contributed by atoms with Crippen LogP contribution in [0.1, 0.15) is 37.4 Å². The topological polar surface area (TPSA) is 33.2 Å². The summed E-state index contributed by atoms with van der Waals surface area (Å²) in [5.74, 6) is 0.225. The summed E-state index contributed by atoms with van der Waals surface area (Å²) in [6.07, 6.45) is 2.79. The van der Waals surface area contributed by atoms with Crippen molar-refractivity contribution in [1.82, 2.24) is 9.88 Å². The number of carbonyl (C=O) groups is 1. The average Bonchev–Trinajstić information content (AvgIpc) is 2.91. The maximum absolute atomic E-state index is 12.1. The van der Waals surface area contributed by atoms with E-state index in [-0.39, 0.29) is 5.91 Å². The fourth-order valence-electron chi connectivity index (χ4n) is 2.00. The second-order valence-electron chi connectivity index (χ2n) is 4.66. The van der Waals surface area contributed by atoms with Gasteiger partial charge in [0.1, 0.15) is 0 Å². The van der Waals surface area contributed by atoms with Crippen LogP contribution in [0.15, 0.2) is 5.38 Å². The highest BCUT2D eigenvalue weighted by Gasteiger charge is 2.34. The zero-order chi connectivity index (χ0) is 11.7. The molecule has 88 valence electrons. The average molecular weight is 238 g/mol. The van der Waals surface area contributed by atoms with Crippen molar-refractivity contribution in [2.24, 2.45) is 0 Å². The van der Waals surface area contributed by atoms with Crippen LogP contribution in [0.2, 0.25) is 0 Å². The van der Waals surface area contributed by atoms with Crippen LogP contribution in [0, 0.1) is 6.92 Å². The van der Waals surface area contributed by atoms with Gasteiger partial charge in [0.25, 0.3) is 0 Å². The maximum atomic E-state index is 12.1. The molecule has 0 aromatic carbocycles. The lowest BCUT2D eigenvalue weighted by Gasteiger charge is -2.26. The SMILES string of the molecule is Cc1nc(CC(=O)N(C(C)C)C2CC2)cs1. The van der Waals surface area contributed by atoms with Crippen molar-refractivity contribution >= 4 is 17.2 Å². The third kappa shape index (κ3) is 2.61. The summed E-state index contributed by atoms with van der Waals surface area (Å²) >= 11 is 1.61. The first-order valence-corrected chi connectivity index (χ1v) is 6.68. The lowest BCUT2D eigenvalue weighted by atomic mass is 10.2. The Bertz CT molecular complexity index is 380. The molecule has 3 nitrogen and oxygen atoms in total. The number of aromatic nitrogens is 1. The van der Waals surface area contributed by atoms with Crippen molar-refractivity contribution in [3.05, 3.63) is 16.1 Å². The Labute approximate surface area is 100 Å². The number of aryl methyl sites for hydroxylation is 1. The molecule has 2 rings (SSSR count). The van der Waals surface area contributed by atoms with Crippen molar-refractivity contribution in [3.63, 3.8) is 0 Å². The van der Waals surface area contributed by atoms with Crippen molar-refractivity contribution in [1.29, 1.82) is 0 Å². The van der Waals surface area contributed by atoms with Gasteiger partial charge in [-0.15, -0.1) is 11.3 Å². The first kappa shape index (κ1) is 11.6. The molecular weight excluding hydrogens is 220 g/mol. The summed E-state index contributed by atoms with van der Waals surface area (Å²) in [7, 11) is 0. The van der Waals surface area contributed by atoms with Crippen LogP contribution in [-0.2, 0) is 11.2 Å². The molecule has 0 spiro atoms. The first-order chi connectivity index (χ1) is 7.58. The minimum absolute atomic E-state index is 0.225. The Hall–Kier alpha value is -0.900. The lowest BCUT2D eigenvalue weighted by Crippen LogP contribution is -2.39. The number of rotatable bonds is 4. The van der Waals surface area contributed by atoms with Gasteiger partial charge in [0, 0.05) is 17.5 Å². The second kappa shape index (κ2) is 4.53. The van der Waals surface area contributed by atoms with Crippen LogP contribution in [0.25, 0.3) is 0 Å². The van der Waals surface area contributed by atoms with Gasteiger partial charge in [-0.3, -0.25) is 4.79 Å². The number of hydrogen-bond donors (Lipinski definition) is 0. The molecule has 0 N–H and O–H groups in total.